The molecule has 1 fully saturated rings. The van der Waals surface area contributed by atoms with Crippen molar-refractivity contribution in [3.63, 3.8) is 0 Å². The Balaban J connectivity index is 1.31. The number of piperidine rings is 1. The highest BCUT2D eigenvalue weighted by Crippen LogP contribution is 2.33. The topological polar surface area (TPSA) is 141 Å². The monoisotopic (exact) mass is 629 g/mol. The van der Waals surface area contributed by atoms with E-state index in [0.717, 1.165) is 22.0 Å². The first-order valence-corrected chi connectivity index (χ1v) is 15.0. The van der Waals surface area contributed by atoms with Crippen LogP contribution in [0.15, 0.2) is 73.6 Å². The molecule has 3 amide bonds. The van der Waals surface area contributed by atoms with Crippen LogP contribution in [0.25, 0.3) is 22.2 Å². The third-order valence-corrected chi connectivity index (χ3v) is 7.54. The van der Waals surface area contributed by atoms with Crippen molar-refractivity contribution in [2.75, 3.05) is 23.7 Å². The van der Waals surface area contributed by atoms with Crippen LogP contribution in [0.5, 0.6) is 0 Å². The molecule has 4 aromatic rings. The number of para-hydroxylation sites is 1. The number of halogens is 1. The molecule has 234 valence electrons. The van der Waals surface area contributed by atoms with Gasteiger partial charge in [0.25, 0.3) is 0 Å². The SMILES string of the molecule is C=CC(=O)Nc1ccc(CNC(=O)C2C[C@H](Nc3ncc(Cl)c(-c4c[nH]c5ccccc45)n3)CN(C(=O)OC(C)(C)C)C2)cc1. The van der Waals surface area contributed by atoms with Crippen molar-refractivity contribution in [3.8, 4) is 11.3 Å². The molecule has 1 unspecified atom stereocenters. The second-order valence-electron chi connectivity index (χ2n) is 11.9. The van der Waals surface area contributed by atoms with E-state index >= 15 is 0 Å². The second kappa shape index (κ2) is 13.4. The zero-order valence-corrected chi connectivity index (χ0v) is 26.1. The molecule has 1 aliphatic rings. The Morgan fingerprint density at radius 1 is 1.13 bits per heavy atom. The molecule has 2 atom stereocenters. The smallest absolute Gasteiger partial charge is 0.410 e. The lowest BCUT2D eigenvalue weighted by molar-refractivity contribution is -0.126. The summed E-state index contributed by atoms with van der Waals surface area (Å²) in [5, 5.41) is 10.4. The van der Waals surface area contributed by atoms with Crippen LogP contribution in [-0.2, 0) is 20.9 Å². The number of carbonyl (C=O) groups is 3. The average molecular weight is 630 g/mol. The molecule has 1 aliphatic heterocycles. The first-order valence-electron chi connectivity index (χ1n) is 14.6. The van der Waals surface area contributed by atoms with Crippen molar-refractivity contribution in [2.45, 2.75) is 45.4 Å². The highest BCUT2D eigenvalue weighted by atomic mass is 35.5. The predicted molar refractivity (Wildman–Crippen MR) is 175 cm³/mol. The Bertz CT molecular complexity index is 1710. The molecule has 45 heavy (non-hydrogen) atoms. The van der Waals surface area contributed by atoms with Crippen molar-refractivity contribution in [1.29, 1.82) is 0 Å². The van der Waals surface area contributed by atoms with Gasteiger partial charge in [0, 0.05) is 54.0 Å². The minimum atomic E-state index is -0.694. The van der Waals surface area contributed by atoms with Gasteiger partial charge < -0.3 is 30.6 Å². The highest BCUT2D eigenvalue weighted by molar-refractivity contribution is 6.33. The minimum Gasteiger partial charge on any atom is -0.444 e. The Labute approximate surface area is 266 Å². The van der Waals surface area contributed by atoms with Crippen molar-refractivity contribution < 1.29 is 19.1 Å². The molecule has 0 aliphatic carbocycles. The summed E-state index contributed by atoms with van der Waals surface area (Å²) in [6, 6.07) is 14.7. The minimum absolute atomic E-state index is 0.199. The number of amides is 3. The van der Waals surface area contributed by atoms with E-state index in [1.54, 1.807) is 44.0 Å². The summed E-state index contributed by atoms with van der Waals surface area (Å²) in [5.74, 6) is -0.686. The van der Waals surface area contributed by atoms with E-state index in [1.807, 2.05) is 42.6 Å². The first kappa shape index (κ1) is 31.5. The van der Waals surface area contributed by atoms with E-state index in [0.29, 0.717) is 35.3 Å². The Morgan fingerprint density at radius 3 is 2.62 bits per heavy atom. The van der Waals surface area contributed by atoms with E-state index in [1.165, 1.54) is 6.08 Å². The van der Waals surface area contributed by atoms with Gasteiger partial charge >= 0.3 is 6.09 Å². The molecule has 12 heteroatoms. The van der Waals surface area contributed by atoms with Gasteiger partial charge in [0.15, 0.2) is 0 Å². The molecule has 2 aromatic heterocycles. The Morgan fingerprint density at radius 2 is 1.89 bits per heavy atom. The number of fused-ring (bicyclic) bond motifs is 1. The summed E-state index contributed by atoms with van der Waals surface area (Å²) < 4.78 is 5.64. The Kier molecular flexibility index (Phi) is 9.38. The fourth-order valence-electron chi connectivity index (χ4n) is 5.18. The van der Waals surface area contributed by atoms with Gasteiger partial charge in [-0.25, -0.2) is 14.8 Å². The van der Waals surface area contributed by atoms with Gasteiger partial charge in [0.2, 0.25) is 17.8 Å². The number of nitrogens with zero attached hydrogens (tertiary/aromatic N) is 3. The summed E-state index contributed by atoms with van der Waals surface area (Å²) in [4.78, 5) is 52.0. The van der Waals surface area contributed by atoms with E-state index in [2.05, 4.69) is 32.5 Å². The van der Waals surface area contributed by atoms with Crippen molar-refractivity contribution in [3.05, 3.63) is 84.2 Å². The van der Waals surface area contributed by atoms with Gasteiger partial charge in [-0.05, 0) is 57.0 Å². The summed E-state index contributed by atoms with van der Waals surface area (Å²) in [6.45, 7) is 9.63. The van der Waals surface area contributed by atoms with Crippen LogP contribution in [-0.4, -0.2) is 62.5 Å². The third kappa shape index (κ3) is 7.98. The van der Waals surface area contributed by atoms with Gasteiger partial charge in [0.1, 0.15) is 5.60 Å². The number of likely N-dealkylation sites (tertiary alicyclic amines) is 1. The van der Waals surface area contributed by atoms with Gasteiger partial charge in [0.05, 0.1) is 22.8 Å². The zero-order valence-electron chi connectivity index (χ0n) is 25.4. The number of ether oxygens (including phenoxy) is 1. The fourth-order valence-corrected chi connectivity index (χ4v) is 5.37. The quantitative estimate of drug-likeness (QED) is 0.182. The molecule has 3 heterocycles. The van der Waals surface area contributed by atoms with Gasteiger partial charge in [-0.3, -0.25) is 9.59 Å². The third-order valence-electron chi connectivity index (χ3n) is 7.27. The lowest BCUT2D eigenvalue weighted by Crippen LogP contribution is -2.53. The largest absolute Gasteiger partial charge is 0.444 e. The summed E-state index contributed by atoms with van der Waals surface area (Å²) in [7, 11) is 0. The molecular formula is C33H36ClN7O4. The summed E-state index contributed by atoms with van der Waals surface area (Å²) in [6.07, 6.45) is 4.54. The highest BCUT2D eigenvalue weighted by Gasteiger charge is 2.36. The number of carbonyl (C=O) groups excluding carboxylic acids is 3. The van der Waals surface area contributed by atoms with Crippen molar-refractivity contribution >= 4 is 52.0 Å². The molecular weight excluding hydrogens is 594 g/mol. The average Bonchev–Trinajstić information content (AvgIpc) is 3.44. The maximum atomic E-state index is 13.4. The van der Waals surface area contributed by atoms with E-state index in [-0.39, 0.29) is 30.9 Å². The summed E-state index contributed by atoms with van der Waals surface area (Å²) in [5.41, 5.74) is 3.15. The normalized spacial score (nSPS) is 16.6. The molecule has 2 aromatic carbocycles. The lowest BCUT2D eigenvalue weighted by atomic mass is 9.93. The number of aromatic amines is 1. The van der Waals surface area contributed by atoms with Gasteiger partial charge in [-0.1, -0.05) is 48.5 Å². The molecule has 0 saturated carbocycles. The molecule has 1 saturated heterocycles. The van der Waals surface area contributed by atoms with Crippen LogP contribution in [0, 0.1) is 5.92 Å². The lowest BCUT2D eigenvalue weighted by Gasteiger charge is -2.38. The van der Waals surface area contributed by atoms with Crippen LogP contribution in [0.4, 0.5) is 16.4 Å². The van der Waals surface area contributed by atoms with Crippen LogP contribution in [0.2, 0.25) is 5.02 Å². The zero-order chi connectivity index (χ0) is 32.1. The maximum absolute atomic E-state index is 13.4. The fraction of sp³-hybridized carbons (Fsp3) is 0.303. The second-order valence-corrected chi connectivity index (χ2v) is 12.3. The molecule has 5 rings (SSSR count). The maximum Gasteiger partial charge on any atom is 0.410 e. The van der Waals surface area contributed by atoms with Gasteiger partial charge in [-0.2, -0.15) is 0 Å². The number of rotatable bonds is 8. The number of hydrogen-bond acceptors (Lipinski definition) is 7. The molecule has 0 bridgehead atoms. The molecule has 4 N–H and O–H groups in total. The molecule has 0 radical (unpaired) electrons. The first-order chi connectivity index (χ1) is 21.5. The standard InChI is InChI=1S/C33H36ClN7O4/c1-5-28(42)38-22-12-10-20(11-13-22)15-36-30(43)21-14-23(19-41(18-21)32(44)45-33(2,3)4)39-31-37-17-26(34)29(40-31)25-16-35-27-9-7-6-8-24(25)27/h5-13,16-17,21,23,35H,1,14-15,18-19H2,2-4H3,(H,36,43)(H,38,42)(H,37,39,40)/t21?,23-/m0/s1. The van der Waals surface area contributed by atoms with Crippen LogP contribution < -0.4 is 16.0 Å². The summed E-state index contributed by atoms with van der Waals surface area (Å²) >= 11 is 6.53. The van der Waals surface area contributed by atoms with Crippen molar-refractivity contribution in [2.24, 2.45) is 5.92 Å². The number of nitrogens with one attached hydrogen (secondary N) is 4. The van der Waals surface area contributed by atoms with E-state index < -0.39 is 17.6 Å². The van der Waals surface area contributed by atoms with Crippen LogP contribution in [0.3, 0.4) is 0 Å². The van der Waals surface area contributed by atoms with Gasteiger partial charge in [-0.15, -0.1) is 0 Å². The number of hydrogen-bond donors (Lipinski definition) is 4. The number of benzene rings is 2. The predicted octanol–water partition coefficient (Wildman–Crippen LogP) is 5.76. The number of H-pyrrole nitrogens is 1. The van der Waals surface area contributed by atoms with E-state index in [4.69, 9.17) is 21.3 Å². The van der Waals surface area contributed by atoms with E-state index in [9.17, 15) is 14.4 Å². The number of anilines is 2. The van der Waals surface area contributed by atoms with Crippen LogP contribution in [0.1, 0.15) is 32.8 Å². The molecule has 11 nitrogen and oxygen atoms in total. The van der Waals surface area contributed by atoms with Crippen LogP contribution >= 0.6 is 11.6 Å². The van der Waals surface area contributed by atoms with Crippen molar-refractivity contribution in [1.82, 2.24) is 25.2 Å². The Hall–Kier alpha value is -4.90. The molecule has 0 spiro atoms. The number of aromatic nitrogens is 3.